The van der Waals surface area contributed by atoms with Gasteiger partial charge in [0, 0.05) is 30.7 Å². The Balaban J connectivity index is 1.71. The van der Waals surface area contributed by atoms with Crippen LogP contribution in [0.5, 0.6) is 0 Å². The smallest absolute Gasteiger partial charge is 0.0654 e. The summed E-state index contributed by atoms with van der Waals surface area (Å²) in [6.07, 6.45) is 6.95. The minimum Gasteiger partial charge on any atom is -0.367 e. The zero-order valence-electron chi connectivity index (χ0n) is 11.7. The Kier molecular flexibility index (Phi) is 4.75. The first-order valence-electron chi connectivity index (χ1n) is 7.67. The fourth-order valence-electron chi connectivity index (χ4n) is 3.59. The fourth-order valence-corrected chi connectivity index (χ4v) is 4.11. The number of halogens is 2. The van der Waals surface area contributed by atoms with Crippen molar-refractivity contribution in [3.63, 3.8) is 0 Å². The van der Waals surface area contributed by atoms with E-state index in [0.29, 0.717) is 11.1 Å². The third-order valence-corrected chi connectivity index (χ3v) is 5.21. The SMILES string of the molecule is Clc1ccc(N2CCNC(C3CCCCC3)C2)c(Cl)c1. The Hall–Kier alpha value is -0.440. The van der Waals surface area contributed by atoms with Gasteiger partial charge >= 0.3 is 0 Å². The maximum absolute atomic E-state index is 6.35. The lowest BCUT2D eigenvalue weighted by Crippen LogP contribution is -2.54. The second-order valence-corrected chi connectivity index (χ2v) is 6.84. The molecule has 1 saturated heterocycles. The summed E-state index contributed by atoms with van der Waals surface area (Å²) in [4.78, 5) is 2.41. The van der Waals surface area contributed by atoms with E-state index in [-0.39, 0.29) is 0 Å². The van der Waals surface area contributed by atoms with Gasteiger partial charge in [-0.05, 0) is 37.0 Å². The van der Waals surface area contributed by atoms with Gasteiger partial charge in [-0.25, -0.2) is 0 Å². The van der Waals surface area contributed by atoms with E-state index < -0.39 is 0 Å². The molecular weight excluding hydrogens is 291 g/mol. The van der Waals surface area contributed by atoms with Gasteiger partial charge in [0.05, 0.1) is 10.7 Å². The molecule has 2 nitrogen and oxygen atoms in total. The van der Waals surface area contributed by atoms with Crippen LogP contribution in [0.2, 0.25) is 10.0 Å². The zero-order chi connectivity index (χ0) is 13.9. The van der Waals surface area contributed by atoms with E-state index in [0.717, 1.165) is 36.3 Å². The molecule has 4 heteroatoms. The van der Waals surface area contributed by atoms with E-state index >= 15 is 0 Å². The molecule has 0 amide bonds. The van der Waals surface area contributed by atoms with Gasteiger partial charge in [0.2, 0.25) is 0 Å². The van der Waals surface area contributed by atoms with E-state index in [9.17, 15) is 0 Å². The molecule has 2 fully saturated rings. The van der Waals surface area contributed by atoms with Crippen molar-refractivity contribution in [2.24, 2.45) is 5.92 Å². The molecule has 1 aromatic rings. The van der Waals surface area contributed by atoms with Crippen LogP contribution in [0.3, 0.4) is 0 Å². The molecule has 1 N–H and O–H groups in total. The molecule has 1 heterocycles. The summed E-state index contributed by atoms with van der Waals surface area (Å²) in [6, 6.07) is 6.43. The third kappa shape index (κ3) is 3.24. The fraction of sp³-hybridized carbons (Fsp3) is 0.625. The molecule has 2 aliphatic rings. The first kappa shape index (κ1) is 14.5. The lowest BCUT2D eigenvalue weighted by Gasteiger charge is -2.40. The van der Waals surface area contributed by atoms with E-state index in [1.807, 2.05) is 18.2 Å². The van der Waals surface area contributed by atoms with Crippen molar-refractivity contribution in [2.75, 3.05) is 24.5 Å². The minimum atomic E-state index is 0.607. The summed E-state index contributed by atoms with van der Waals surface area (Å²) in [5, 5.41) is 5.18. The summed E-state index contributed by atoms with van der Waals surface area (Å²) < 4.78 is 0. The lowest BCUT2D eigenvalue weighted by molar-refractivity contribution is 0.257. The van der Waals surface area contributed by atoms with Crippen molar-refractivity contribution < 1.29 is 0 Å². The number of nitrogens with one attached hydrogen (secondary N) is 1. The van der Waals surface area contributed by atoms with Crippen LogP contribution in [0.25, 0.3) is 0 Å². The molecule has 0 spiro atoms. The predicted molar refractivity (Wildman–Crippen MR) is 87.0 cm³/mol. The average Bonchev–Trinajstić information content (AvgIpc) is 2.48. The highest BCUT2D eigenvalue weighted by Gasteiger charge is 2.28. The van der Waals surface area contributed by atoms with Crippen molar-refractivity contribution in [3.05, 3.63) is 28.2 Å². The maximum Gasteiger partial charge on any atom is 0.0654 e. The van der Waals surface area contributed by atoms with Crippen LogP contribution in [0, 0.1) is 5.92 Å². The molecule has 0 radical (unpaired) electrons. The van der Waals surface area contributed by atoms with Crippen molar-refractivity contribution in [1.82, 2.24) is 5.32 Å². The number of hydrogen-bond acceptors (Lipinski definition) is 2. The number of nitrogens with zero attached hydrogens (tertiary/aromatic N) is 1. The normalized spacial score (nSPS) is 24.9. The second-order valence-electron chi connectivity index (χ2n) is 6.00. The van der Waals surface area contributed by atoms with Crippen LogP contribution < -0.4 is 10.2 Å². The number of rotatable bonds is 2. The number of benzene rings is 1. The van der Waals surface area contributed by atoms with Crippen LogP contribution in [-0.4, -0.2) is 25.7 Å². The first-order chi connectivity index (χ1) is 9.74. The van der Waals surface area contributed by atoms with Gasteiger partial charge in [-0.3, -0.25) is 0 Å². The van der Waals surface area contributed by atoms with Gasteiger partial charge in [0.15, 0.2) is 0 Å². The predicted octanol–water partition coefficient (Wildman–Crippen LogP) is 4.35. The molecule has 1 aliphatic heterocycles. The Bertz CT molecular complexity index is 458. The summed E-state index contributed by atoms with van der Waals surface area (Å²) in [5.74, 6) is 0.831. The van der Waals surface area contributed by atoms with Gasteiger partial charge in [-0.2, -0.15) is 0 Å². The highest BCUT2D eigenvalue weighted by Crippen LogP contribution is 2.32. The molecule has 110 valence electrons. The van der Waals surface area contributed by atoms with Crippen LogP contribution in [0.4, 0.5) is 5.69 Å². The molecule has 0 aromatic heterocycles. The van der Waals surface area contributed by atoms with Crippen molar-refractivity contribution in [1.29, 1.82) is 0 Å². The van der Waals surface area contributed by atoms with Crippen LogP contribution in [0.1, 0.15) is 32.1 Å². The monoisotopic (exact) mass is 312 g/mol. The van der Waals surface area contributed by atoms with E-state index in [1.165, 1.54) is 32.1 Å². The van der Waals surface area contributed by atoms with Gasteiger partial charge in [0.25, 0.3) is 0 Å². The summed E-state index contributed by atoms with van der Waals surface area (Å²) in [6.45, 7) is 3.12. The molecule has 1 atom stereocenters. The molecule has 1 aromatic carbocycles. The maximum atomic E-state index is 6.35. The van der Waals surface area contributed by atoms with Crippen molar-refractivity contribution >= 4 is 28.9 Å². The number of anilines is 1. The lowest BCUT2D eigenvalue weighted by atomic mass is 9.83. The number of piperazine rings is 1. The Morgan fingerprint density at radius 2 is 1.90 bits per heavy atom. The standard InChI is InChI=1S/C16H22Cl2N2/c17-13-6-7-16(14(18)10-13)20-9-8-19-15(11-20)12-4-2-1-3-5-12/h6-7,10,12,15,19H,1-5,8-9,11H2. The first-order valence-corrected chi connectivity index (χ1v) is 8.43. The molecule has 1 saturated carbocycles. The van der Waals surface area contributed by atoms with Crippen molar-refractivity contribution in [3.8, 4) is 0 Å². The molecule has 1 aliphatic carbocycles. The van der Waals surface area contributed by atoms with Crippen LogP contribution in [0.15, 0.2) is 18.2 Å². The highest BCUT2D eigenvalue weighted by molar-refractivity contribution is 6.36. The number of hydrogen-bond donors (Lipinski definition) is 1. The van der Waals surface area contributed by atoms with Crippen LogP contribution in [-0.2, 0) is 0 Å². The van der Waals surface area contributed by atoms with Gasteiger partial charge in [0.1, 0.15) is 0 Å². The quantitative estimate of drug-likeness (QED) is 0.873. The third-order valence-electron chi connectivity index (χ3n) is 4.67. The molecular formula is C16H22Cl2N2. The summed E-state index contributed by atoms with van der Waals surface area (Å²) >= 11 is 12.3. The van der Waals surface area contributed by atoms with E-state index in [1.54, 1.807) is 0 Å². The zero-order valence-corrected chi connectivity index (χ0v) is 13.3. The topological polar surface area (TPSA) is 15.3 Å². The minimum absolute atomic E-state index is 0.607. The molecule has 3 rings (SSSR count). The average molecular weight is 313 g/mol. The van der Waals surface area contributed by atoms with Gasteiger partial charge < -0.3 is 10.2 Å². The Labute approximate surface area is 131 Å². The molecule has 1 unspecified atom stereocenters. The molecule has 20 heavy (non-hydrogen) atoms. The Morgan fingerprint density at radius 1 is 1.10 bits per heavy atom. The second kappa shape index (κ2) is 6.55. The van der Waals surface area contributed by atoms with Crippen molar-refractivity contribution in [2.45, 2.75) is 38.1 Å². The van der Waals surface area contributed by atoms with E-state index in [2.05, 4.69) is 10.2 Å². The van der Waals surface area contributed by atoms with Gasteiger partial charge in [-0.15, -0.1) is 0 Å². The summed E-state index contributed by atoms with van der Waals surface area (Å²) in [5.41, 5.74) is 1.12. The van der Waals surface area contributed by atoms with Crippen LogP contribution >= 0.6 is 23.2 Å². The van der Waals surface area contributed by atoms with E-state index in [4.69, 9.17) is 23.2 Å². The van der Waals surface area contributed by atoms with Gasteiger partial charge in [-0.1, -0.05) is 42.5 Å². The molecule has 0 bridgehead atoms. The Morgan fingerprint density at radius 3 is 2.65 bits per heavy atom. The highest BCUT2D eigenvalue weighted by atomic mass is 35.5. The summed E-state index contributed by atoms with van der Waals surface area (Å²) in [7, 11) is 0. The largest absolute Gasteiger partial charge is 0.367 e.